The third-order valence-corrected chi connectivity index (χ3v) is 4.75. The molecule has 20 heavy (non-hydrogen) atoms. The molecule has 0 aromatic carbocycles. The predicted octanol–water partition coefficient (Wildman–Crippen LogP) is 2.06. The zero-order valence-corrected chi connectivity index (χ0v) is 13.6. The maximum absolute atomic E-state index is 4.69. The summed E-state index contributed by atoms with van der Waals surface area (Å²) in [4.78, 5) is 8.43. The van der Waals surface area contributed by atoms with E-state index in [0.29, 0.717) is 0 Å². The van der Waals surface area contributed by atoms with E-state index < -0.39 is 0 Å². The minimum absolute atomic E-state index is 0.743. The van der Waals surface area contributed by atoms with Gasteiger partial charge in [-0.25, -0.2) is 4.99 Å². The highest BCUT2D eigenvalue weighted by molar-refractivity contribution is 7.10. The smallest absolute Gasteiger partial charge is 0.191 e. The van der Waals surface area contributed by atoms with Gasteiger partial charge in [-0.2, -0.15) is 0 Å². The Kier molecular flexibility index (Phi) is 5.86. The fourth-order valence-corrected chi connectivity index (χ4v) is 3.32. The zero-order chi connectivity index (χ0) is 14.4. The van der Waals surface area contributed by atoms with Crippen LogP contribution in [0.1, 0.15) is 23.8 Å². The summed E-state index contributed by atoms with van der Waals surface area (Å²) in [7, 11) is 2.19. The van der Waals surface area contributed by atoms with Crippen molar-refractivity contribution >= 4 is 17.3 Å². The number of likely N-dealkylation sites (tertiary alicyclic amines) is 1. The fourth-order valence-electron chi connectivity index (χ4n) is 2.49. The van der Waals surface area contributed by atoms with Crippen LogP contribution in [0.25, 0.3) is 0 Å². The van der Waals surface area contributed by atoms with Gasteiger partial charge < -0.3 is 15.5 Å². The van der Waals surface area contributed by atoms with Gasteiger partial charge >= 0.3 is 0 Å². The molecule has 1 aliphatic rings. The van der Waals surface area contributed by atoms with Crippen molar-refractivity contribution in [2.24, 2.45) is 10.9 Å². The molecule has 1 saturated heterocycles. The van der Waals surface area contributed by atoms with Crippen LogP contribution in [0, 0.1) is 12.8 Å². The maximum Gasteiger partial charge on any atom is 0.191 e. The second-order valence-electron chi connectivity index (χ2n) is 5.52. The minimum atomic E-state index is 0.743. The quantitative estimate of drug-likeness (QED) is 0.645. The molecule has 0 radical (unpaired) electrons. The van der Waals surface area contributed by atoms with Gasteiger partial charge in [-0.1, -0.05) is 0 Å². The number of guanidine groups is 1. The van der Waals surface area contributed by atoms with Crippen LogP contribution in [-0.2, 0) is 6.54 Å². The fraction of sp³-hybridized carbons (Fsp3) is 0.667. The molecular formula is C15H26N4S. The highest BCUT2D eigenvalue weighted by Gasteiger charge is 2.19. The molecule has 112 valence electrons. The van der Waals surface area contributed by atoms with Crippen LogP contribution in [-0.4, -0.2) is 44.1 Å². The van der Waals surface area contributed by atoms with E-state index in [-0.39, 0.29) is 0 Å². The number of thiophene rings is 1. The molecule has 1 unspecified atom stereocenters. The van der Waals surface area contributed by atoms with Gasteiger partial charge in [0.1, 0.15) is 0 Å². The number of nitrogens with one attached hydrogen (secondary N) is 2. The predicted molar refractivity (Wildman–Crippen MR) is 87.5 cm³/mol. The topological polar surface area (TPSA) is 39.7 Å². The molecule has 0 bridgehead atoms. The van der Waals surface area contributed by atoms with Crippen LogP contribution in [0.5, 0.6) is 0 Å². The van der Waals surface area contributed by atoms with Crippen LogP contribution >= 0.6 is 11.3 Å². The van der Waals surface area contributed by atoms with Gasteiger partial charge in [0, 0.05) is 24.5 Å². The lowest BCUT2D eigenvalue weighted by Crippen LogP contribution is -2.40. The lowest BCUT2D eigenvalue weighted by atomic mass is 10.1. The van der Waals surface area contributed by atoms with E-state index in [1.54, 1.807) is 11.3 Å². The average Bonchev–Trinajstić information content (AvgIpc) is 3.02. The summed E-state index contributed by atoms with van der Waals surface area (Å²) >= 11 is 1.78. The van der Waals surface area contributed by atoms with Gasteiger partial charge in [-0.15, -0.1) is 11.3 Å². The molecule has 2 N–H and O–H groups in total. The van der Waals surface area contributed by atoms with E-state index >= 15 is 0 Å². The first-order chi connectivity index (χ1) is 9.69. The highest BCUT2D eigenvalue weighted by atomic mass is 32.1. The van der Waals surface area contributed by atoms with Crippen molar-refractivity contribution in [2.45, 2.75) is 26.8 Å². The van der Waals surface area contributed by atoms with Gasteiger partial charge in [-0.3, -0.25) is 0 Å². The second kappa shape index (κ2) is 7.64. The maximum atomic E-state index is 4.69. The van der Waals surface area contributed by atoms with Gasteiger partial charge in [-0.05, 0) is 56.8 Å². The average molecular weight is 294 g/mol. The first kappa shape index (κ1) is 15.3. The van der Waals surface area contributed by atoms with Gasteiger partial charge in [0.15, 0.2) is 5.96 Å². The summed E-state index contributed by atoms with van der Waals surface area (Å²) in [5.41, 5.74) is 1.34. The molecule has 0 saturated carbocycles. The second-order valence-corrected chi connectivity index (χ2v) is 6.52. The van der Waals surface area contributed by atoms with Gasteiger partial charge in [0.05, 0.1) is 6.54 Å². The SMILES string of the molecule is CCNC(=NCc1sccc1C)NCC1CCN(C)C1. The zero-order valence-electron chi connectivity index (χ0n) is 12.8. The molecular weight excluding hydrogens is 268 g/mol. The molecule has 0 amide bonds. The third kappa shape index (κ3) is 4.49. The van der Waals surface area contributed by atoms with E-state index in [0.717, 1.165) is 31.5 Å². The Morgan fingerprint density at radius 3 is 2.95 bits per heavy atom. The van der Waals surface area contributed by atoms with Crippen molar-refractivity contribution in [3.63, 3.8) is 0 Å². The monoisotopic (exact) mass is 294 g/mol. The molecule has 2 heterocycles. The van der Waals surface area contributed by atoms with Crippen molar-refractivity contribution in [1.82, 2.24) is 15.5 Å². The van der Waals surface area contributed by atoms with Crippen LogP contribution in [0.3, 0.4) is 0 Å². The Labute approximate surface area is 126 Å². The van der Waals surface area contributed by atoms with Crippen molar-refractivity contribution in [1.29, 1.82) is 0 Å². The molecule has 0 spiro atoms. The number of nitrogens with zero attached hydrogens (tertiary/aromatic N) is 2. The summed E-state index contributed by atoms with van der Waals surface area (Å²) in [6.45, 7) is 9.35. The van der Waals surface area contributed by atoms with E-state index in [9.17, 15) is 0 Å². The molecule has 1 aromatic heterocycles. The lowest BCUT2D eigenvalue weighted by molar-refractivity contribution is 0.394. The Morgan fingerprint density at radius 2 is 2.35 bits per heavy atom. The van der Waals surface area contributed by atoms with Gasteiger partial charge in [0.2, 0.25) is 0 Å². The molecule has 2 rings (SSSR count). The Bertz CT molecular complexity index is 441. The van der Waals surface area contributed by atoms with E-state index in [2.05, 4.69) is 52.9 Å². The summed E-state index contributed by atoms with van der Waals surface area (Å²) in [6.07, 6.45) is 1.28. The molecule has 1 fully saturated rings. The largest absolute Gasteiger partial charge is 0.357 e. The molecule has 5 heteroatoms. The molecule has 1 aliphatic heterocycles. The standard InChI is InChI=1S/C15H26N4S/c1-4-16-15(17-9-13-5-7-19(3)11-13)18-10-14-12(2)6-8-20-14/h6,8,13H,4-5,7,9-11H2,1-3H3,(H2,16,17,18). The number of aliphatic imine (C=N–C) groups is 1. The minimum Gasteiger partial charge on any atom is -0.357 e. The third-order valence-electron chi connectivity index (χ3n) is 3.74. The van der Waals surface area contributed by atoms with Crippen LogP contribution < -0.4 is 10.6 Å². The molecule has 4 nitrogen and oxygen atoms in total. The Hall–Kier alpha value is -1.07. The Balaban J connectivity index is 1.84. The van der Waals surface area contributed by atoms with Crippen molar-refractivity contribution in [2.75, 3.05) is 33.2 Å². The van der Waals surface area contributed by atoms with E-state index in [1.807, 2.05) is 0 Å². The molecule has 0 aliphatic carbocycles. The number of hydrogen-bond donors (Lipinski definition) is 2. The van der Waals surface area contributed by atoms with E-state index in [1.165, 1.54) is 30.0 Å². The van der Waals surface area contributed by atoms with Crippen molar-refractivity contribution in [3.05, 3.63) is 21.9 Å². The summed E-state index contributed by atoms with van der Waals surface area (Å²) in [5.74, 6) is 1.68. The number of rotatable bonds is 5. The summed E-state index contributed by atoms with van der Waals surface area (Å²) < 4.78 is 0. The number of hydrogen-bond acceptors (Lipinski definition) is 3. The van der Waals surface area contributed by atoms with E-state index in [4.69, 9.17) is 0 Å². The first-order valence-corrected chi connectivity index (χ1v) is 8.30. The Morgan fingerprint density at radius 1 is 1.50 bits per heavy atom. The van der Waals surface area contributed by atoms with Crippen molar-refractivity contribution in [3.8, 4) is 0 Å². The van der Waals surface area contributed by atoms with Gasteiger partial charge in [0.25, 0.3) is 0 Å². The van der Waals surface area contributed by atoms with Crippen LogP contribution in [0.2, 0.25) is 0 Å². The normalized spacial score (nSPS) is 20.4. The summed E-state index contributed by atoms with van der Waals surface area (Å²) in [5, 5.41) is 8.95. The highest BCUT2D eigenvalue weighted by Crippen LogP contribution is 2.16. The van der Waals surface area contributed by atoms with Crippen LogP contribution in [0.15, 0.2) is 16.4 Å². The summed E-state index contributed by atoms with van der Waals surface area (Å²) in [6, 6.07) is 2.16. The first-order valence-electron chi connectivity index (χ1n) is 7.42. The van der Waals surface area contributed by atoms with Crippen molar-refractivity contribution < 1.29 is 0 Å². The lowest BCUT2D eigenvalue weighted by Gasteiger charge is -2.15. The molecule has 1 atom stereocenters. The number of aryl methyl sites for hydroxylation is 1. The van der Waals surface area contributed by atoms with Crippen LogP contribution in [0.4, 0.5) is 0 Å². The molecule has 1 aromatic rings.